The Bertz CT molecular complexity index is 1230. The lowest BCUT2D eigenvalue weighted by Crippen LogP contribution is -2.09. The molecule has 0 fully saturated rings. The molecule has 0 unspecified atom stereocenters. The number of carbonyl (C=O) groups excluding carboxylic acids is 1. The molecule has 0 aliphatic heterocycles. The predicted octanol–water partition coefficient (Wildman–Crippen LogP) is 2.59. The zero-order valence-electron chi connectivity index (χ0n) is 14.7. The molecular formula is C19H14FN5O3. The number of tetrazole rings is 1. The molecule has 2 aromatic heterocycles. The molecule has 0 saturated carbocycles. The first-order chi connectivity index (χ1) is 13.5. The van der Waals surface area contributed by atoms with E-state index in [2.05, 4.69) is 20.7 Å². The Kier molecular flexibility index (Phi) is 4.40. The van der Waals surface area contributed by atoms with Gasteiger partial charge in [-0.1, -0.05) is 0 Å². The first-order valence-corrected chi connectivity index (χ1v) is 8.36. The number of halogens is 1. The van der Waals surface area contributed by atoms with Gasteiger partial charge >= 0.3 is 5.63 Å². The molecule has 0 aliphatic carbocycles. The summed E-state index contributed by atoms with van der Waals surface area (Å²) in [6, 6.07) is 12.2. The molecular weight excluding hydrogens is 365 g/mol. The minimum atomic E-state index is -0.527. The Morgan fingerprint density at radius 2 is 1.96 bits per heavy atom. The quantitative estimate of drug-likeness (QED) is 0.547. The lowest BCUT2D eigenvalue weighted by Gasteiger charge is -2.07. The van der Waals surface area contributed by atoms with Crippen molar-refractivity contribution in [2.75, 3.05) is 5.32 Å². The fourth-order valence-electron chi connectivity index (χ4n) is 2.82. The summed E-state index contributed by atoms with van der Waals surface area (Å²) in [5.41, 5.74) is 1.61. The van der Waals surface area contributed by atoms with Gasteiger partial charge in [-0.25, -0.2) is 9.18 Å². The average molecular weight is 379 g/mol. The topological polar surface area (TPSA) is 103 Å². The predicted molar refractivity (Wildman–Crippen MR) is 99.1 cm³/mol. The summed E-state index contributed by atoms with van der Waals surface area (Å²) in [5, 5.41) is 15.6. The molecule has 1 amide bonds. The van der Waals surface area contributed by atoms with E-state index < -0.39 is 5.63 Å². The van der Waals surface area contributed by atoms with Crippen molar-refractivity contribution < 1.29 is 13.6 Å². The number of rotatable bonds is 4. The van der Waals surface area contributed by atoms with Crippen LogP contribution in [0.4, 0.5) is 10.1 Å². The van der Waals surface area contributed by atoms with E-state index in [4.69, 9.17) is 4.42 Å². The molecule has 2 heterocycles. The first-order valence-electron chi connectivity index (χ1n) is 8.36. The Hall–Kier alpha value is -3.88. The van der Waals surface area contributed by atoms with E-state index in [-0.39, 0.29) is 18.3 Å². The highest BCUT2D eigenvalue weighted by molar-refractivity contribution is 5.92. The van der Waals surface area contributed by atoms with Crippen molar-refractivity contribution in [3.05, 3.63) is 70.3 Å². The van der Waals surface area contributed by atoms with Gasteiger partial charge in [0, 0.05) is 35.7 Å². The van der Waals surface area contributed by atoms with E-state index in [1.54, 1.807) is 30.3 Å². The van der Waals surface area contributed by atoms with Gasteiger partial charge in [0.05, 0.1) is 6.54 Å². The fraction of sp³-hybridized carbons (Fsp3) is 0.105. The van der Waals surface area contributed by atoms with E-state index in [1.165, 1.54) is 29.9 Å². The molecule has 0 aliphatic rings. The Morgan fingerprint density at radius 3 is 2.71 bits per heavy atom. The average Bonchev–Trinajstić information content (AvgIpc) is 3.10. The SMILES string of the molecule is CC(=O)Nc1ccc2c(Cn3nnc(-c4ccc(F)cc4)n3)cc(=O)oc2c1. The molecule has 1 N–H and O–H groups in total. The number of hydrogen-bond acceptors (Lipinski definition) is 6. The minimum Gasteiger partial charge on any atom is -0.423 e. The maximum absolute atomic E-state index is 13.1. The summed E-state index contributed by atoms with van der Waals surface area (Å²) in [7, 11) is 0. The molecule has 8 nitrogen and oxygen atoms in total. The molecule has 140 valence electrons. The zero-order valence-corrected chi connectivity index (χ0v) is 14.7. The summed E-state index contributed by atoms with van der Waals surface area (Å²) in [6.45, 7) is 1.58. The zero-order chi connectivity index (χ0) is 19.7. The minimum absolute atomic E-state index is 0.190. The Morgan fingerprint density at radius 1 is 1.18 bits per heavy atom. The van der Waals surface area contributed by atoms with Gasteiger partial charge in [-0.05, 0) is 47.2 Å². The van der Waals surface area contributed by atoms with Gasteiger partial charge in [0.15, 0.2) is 0 Å². The van der Waals surface area contributed by atoms with Gasteiger partial charge in [-0.2, -0.15) is 4.80 Å². The Labute approximate surface area is 157 Å². The van der Waals surface area contributed by atoms with Crippen LogP contribution >= 0.6 is 0 Å². The van der Waals surface area contributed by atoms with Crippen molar-refractivity contribution in [2.45, 2.75) is 13.5 Å². The van der Waals surface area contributed by atoms with Crippen molar-refractivity contribution in [1.82, 2.24) is 20.2 Å². The number of amides is 1. The maximum atomic E-state index is 13.1. The van der Waals surface area contributed by atoms with Crippen LogP contribution in [0.25, 0.3) is 22.4 Å². The van der Waals surface area contributed by atoms with Crippen molar-refractivity contribution in [2.24, 2.45) is 0 Å². The van der Waals surface area contributed by atoms with Crippen LogP contribution in [0.15, 0.2) is 57.7 Å². The summed E-state index contributed by atoms with van der Waals surface area (Å²) in [5.74, 6) is -0.226. The van der Waals surface area contributed by atoms with Gasteiger partial charge in [0.2, 0.25) is 11.7 Å². The lowest BCUT2D eigenvalue weighted by molar-refractivity contribution is -0.114. The third-order valence-corrected chi connectivity index (χ3v) is 4.02. The second kappa shape index (κ2) is 7.03. The van der Waals surface area contributed by atoms with Crippen molar-refractivity contribution in [3.8, 4) is 11.4 Å². The number of nitrogens with zero attached hydrogens (tertiary/aromatic N) is 4. The molecule has 9 heteroatoms. The number of fused-ring (bicyclic) bond motifs is 1. The number of aromatic nitrogens is 4. The number of anilines is 1. The van der Waals surface area contributed by atoms with E-state index in [0.717, 1.165) is 0 Å². The van der Waals surface area contributed by atoms with Gasteiger partial charge in [-0.3, -0.25) is 4.79 Å². The number of hydrogen-bond donors (Lipinski definition) is 1. The van der Waals surface area contributed by atoms with Gasteiger partial charge in [-0.15, -0.1) is 10.2 Å². The van der Waals surface area contributed by atoms with Crippen LogP contribution in [0.3, 0.4) is 0 Å². The number of benzene rings is 2. The van der Waals surface area contributed by atoms with Crippen LogP contribution in [0.1, 0.15) is 12.5 Å². The summed E-state index contributed by atoms with van der Waals surface area (Å²) >= 11 is 0. The maximum Gasteiger partial charge on any atom is 0.336 e. The summed E-state index contributed by atoms with van der Waals surface area (Å²) in [6.07, 6.45) is 0. The van der Waals surface area contributed by atoms with Gasteiger partial charge in [0.1, 0.15) is 11.4 Å². The van der Waals surface area contributed by atoms with Crippen LogP contribution in [-0.2, 0) is 11.3 Å². The van der Waals surface area contributed by atoms with E-state index in [0.29, 0.717) is 33.6 Å². The van der Waals surface area contributed by atoms with E-state index in [9.17, 15) is 14.0 Å². The van der Waals surface area contributed by atoms with Crippen molar-refractivity contribution >= 4 is 22.6 Å². The standard InChI is InChI=1S/C19H14FN5O3/c1-11(26)21-15-6-7-16-13(8-18(27)28-17(16)9-15)10-25-23-19(22-24-25)12-2-4-14(20)5-3-12/h2-9H,10H2,1H3,(H,21,26). The number of nitrogens with one attached hydrogen (secondary N) is 1. The van der Waals surface area contributed by atoms with Gasteiger partial charge < -0.3 is 9.73 Å². The molecule has 0 saturated heterocycles. The van der Waals surface area contributed by atoms with E-state index >= 15 is 0 Å². The van der Waals surface area contributed by atoms with Crippen LogP contribution in [0.5, 0.6) is 0 Å². The molecule has 2 aromatic carbocycles. The summed E-state index contributed by atoms with van der Waals surface area (Å²) < 4.78 is 18.3. The first kappa shape index (κ1) is 17.5. The molecule has 0 radical (unpaired) electrons. The smallest absolute Gasteiger partial charge is 0.336 e. The second-order valence-electron chi connectivity index (χ2n) is 6.13. The monoisotopic (exact) mass is 379 g/mol. The van der Waals surface area contributed by atoms with Crippen LogP contribution < -0.4 is 10.9 Å². The molecule has 0 spiro atoms. The van der Waals surface area contributed by atoms with Crippen molar-refractivity contribution in [1.29, 1.82) is 0 Å². The van der Waals surface area contributed by atoms with Gasteiger partial charge in [0.25, 0.3) is 0 Å². The normalized spacial score (nSPS) is 10.9. The molecule has 4 rings (SSSR count). The second-order valence-corrected chi connectivity index (χ2v) is 6.13. The highest BCUT2D eigenvalue weighted by Crippen LogP contribution is 2.22. The highest BCUT2D eigenvalue weighted by atomic mass is 19.1. The fourth-order valence-corrected chi connectivity index (χ4v) is 2.82. The molecule has 4 aromatic rings. The van der Waals surface area contributed by atoms with Crippen LogP contribution in [0.2, 0.25) is 0 Å². The molecule has 0 atom stereocenters. The third kappa shape index (κ3) is 3.63. The number of carbonyl (C=O) groups is 1. The molecule has 28 heavy (non-hydrogen) atoms. The lowest BCUT2D eigenvalue weighted by atomic mass is 10.1. The summed E-state index contributed by atoms with van der Waals surface area (Å²) in [4.78, 5) is 24.5. The van der Waals surface area contributed by atoms with E-state index in [1.807, 2.05) is 0 Å². The third-order valence-electron chi connectivity index (χ3n) is 4.02. The van der Waals surface area contributed by atoms with Crippen LogP contribution in [0, 0.1) is 5.82 Å². The molecule has 0 bridgehead atoms. The largest absolute Gasteiger partial charge is 0.423 e. The van der Waals surface area contributed by atoms with Crippen molar-refractivity contribution in [3.63, 3.8) is 0 Å². The highest BCUT2D eigenvalue weighted by Gasteiger charge is 2.11. The Balaban J connectivity index is 1.67. The van der Waals surface area contributed by atoms with Crippen LogP contribution in [-0.4, -0.2) is 26.1 Å².